The lowest BCUT2D eigenvalue weighted by Gasteiger charge is -2.12. The summed E-state index contributed by atoms with van der Waals surface area (Å²) in [6, 6.07) is 12.4. The van der Waals surface area contributed by atoms with E-state index in [0.29, 0.717) is 16.5 Å². The number of nitrogens with zero attached hydrogens (tertiary/aromatic N) is 3. The molecule has 0 N–H and O–H groups in total. The summed E-state index contributed by atoms with van der Waals surface area (Å²) in [4.78, 5) is 13.7. The summed E-state index contributed by atoms with van der Waals surface area (Å²) >= 11 is 0. The molecule has 4 heteroatoms. The van der Waals surface area contributed by atoms with Gasteiger partial charge >= 0.3 is 0 Å². The Kier molecular flexibility index (Phi) is 4.17. The van der Waals surface area contributed by atoms with Crippen LogP contribution in [0.15, 0.2) is 174 Å². The van der Waals surface area contributed by atoms with Gasteiger partial charge in [0, 0.05) is 27.5 Å². The maximum atomic E-state index is 9.44. The molecule has 10 aromatic rings. The second-order valence-corrected chi connectivity index (χ2v) is 12.0. The molecule has 52 heavy (non-hydrogen) atoms. The van der Waals surface area contributed by atoms with Crippen molar-refractivity contribution in [1.29, 1.82) is 0 Å². The van der Waals surface area contributed by atoms with Crippen LogP contribution >= 0.6 is 0 Å². The number of aryl methyl sites for hydroxylation is 1. The van der Waals surface area contributed by atoms with E-state index in [4.69, 9.17) is 18.1 Å². The Labute approximate surface area is 323 Å². The highest BCUT2D eigenvalue weighted by molar-refractivity contribution is 6.14. The average molecular weight is 682 g/mol. The van der Waals surface area contributed by atoms with Crippen molar-refractivity contribution in [3.8, 4) is 56.4 Å². The molecule has 10 rings (SSSR count). The number of aromatic nitrogens is 3. The fraction of sp³-hybridized carbons (Fsp3) is 0.0208. The fourth-order valence-corrected chi connectivity index (χ4v) is 6.51. The molecule has 244 valence electrons. The third-order valence-corrected chi connectivity index (χ3v) is 8.88. The topological polar surface area (TPSA) is 51.8 Å². The Morgan fingerprint density at radius 2 is 1.12 bits per heavy atom. The maximum absolute atomic E-state index is 9.44. The van der Waals surface area contributed by atoms with Crippen molar-refractivity contribution in [2.75, 3.05) is 0 Å². The van der Waals surface area contributed by atoms with E-state index >= 15 is 0 Å². The van der Waals surface area contributed by atoms with Gasteiger partial charge in [0.2, 0.25) is 0 Å². The van der Waals surface area contributed by atoms with Gasteiger partial charge in [-0.15, -0.1) is 0 Å². The van der Waals surface area contributed by atoms with E-state index in [0.717, 1.165) is 28.3 Å². The smallest absolute Gasteiger partial charge is 0.164 e. The predicted molar refractivity (Wildman–Crippen MR) is 214 cm³/mol. The van der Waals surface area contributed by atoms with Crippen LogP contribution in [0.3, 0.4) is 0 Å². The first kappa shape index (κ1) is 17.8. The molecule has 0 spiro atoms. The van der Waals surface area contributed by atoms with Crippen molar-refractivity contribution < 1.29 is 26.3 Å². The summed E-state index contributed by atoms with van der Waals surface area (Å²) in [6.07, 6.45) is 0. The monoisotopic (exact) mass is 681 g/mol. The Morgan fingerprint density at radius 1 is 0.462 bits per heavy atom. The molecule has 0 aliphatic rings. The van der Waals surface area contributed by atoms with Crippen molar-refractivity contribution in [3.63, 3.8) is 0 Å². The Balaban J connectivity index is 1.29. The van der Waals surface area contributed by atoms with Crippen LogP contribution in [0, 0.1) is 6.92 Å². The van der Waals surface area contributed by atoms with E-state index in [9.17, 15) is 8.22 Å². The minimum atomic E-state index is -0.723. The molecular weight excluding hydrogens is 635 g/mol. The van der Waals surface area contributed by atoms with Crippen molar-refractivity contribution >= 4 is 43.5 Å². The number of hydrogen-bond donors (Lipinski definition) is 0. The van der Waals surface area contributed by atoms with Gasteiger partial charge in [-0.1, -0.05) is 145 Å². The summed E-state index contributed by atoms with van der Waals surface area (Å²) in [7, 11) is 0. The van der Waals surface area contributed by atoms with Crippen LogP contribution in [-0.2, 0) is 0 Å². The number of hydrogen-bond acceptors (Lipinski definition) is 4. The molecule has 2 aromatic heterocycles. The highest BCUT2D eigenvalue weighted by Crippen LogP contribution is 2.40. The van der Waals surface area contributed by atoms with Crippen molar-refractivity contribution in [2.45, 2.75) is 6.92 Å². The first-order chi connectivity index (χ1) is 32.3. The summed E-state index contributed by atoms with van der Waals surface area (Å²) < 4.78 is 148. The minimum absolute atomic E-state index is 0.0116. The van der Waals surface area contributed by atoms with Gasteiger partial charge in [-0.05, 0) is 80.5 Å². The number of fused-ring (bicyclic) bond motifs is 6. The minimum Gasteiger partial charge on any atom is -0.456 e. The molecule has 0 saturated heterocycles. The van der Waals surface area contributed by atoms with Crippen LogP contribution in [0.5, 0.6) is 0 Å². The van der Waals surface area contributed by atoms with Crippen LogP contribution < -0.4 is 0 Å². The van der Waals surface area contributed by atoms with Crippen LogP contribution in [-0.4, -0.2) is 15.0 Å². The standard InChI is InChI=1S/C48H31N3O/c1-30-27-42-44(29-40(30)31-13-4-2-5-14-31)52-43-22-12-21-39(45(42)43)48-50-46(33-15-6-3-7-16-33)49-47(51-48)34-25-23-32(24-26-34)41-28-35-17-8-9-18-36(35)37-19-10-11-20-38(37)41/h2-29H,1H3/i2D,3D,4D,6D,7D,13D,14D,15D,16D,21D,22D,23D,24D,25D,26D,29D. The maximum Gasteiger partial charge on any atom is 0.164 e. The van der Waals surface area contributed by atoms with Crippen LogP contribution in [0.1, 0.15) is 27.5 Å². The highest BCUT2D eigenvalue weighted by atomic mass is 16.3. The lowest BCUT2D eigenvalue weighted by atomic mass is 9.93. The van der Waals surface area contributed by atoms with Gasteiger partial charge in [-0.2, -0.15) is 0 Å². The first-order valence-corrected chi connectivity index (χ1v) is 16.2. The normalized spacial score (nSPS) is 15.9. The lowest BCUT2D eigenvalue weighted by Crippen LogP contribution is -2.00. The third kappa shape index (κ3) is 5.04. The number of furan rings is 1. The predicted octanol–water partition coefficient (Wildman–Crippen LogP) is 12.7. The van der Waals surface area contributed by atoms with Crippen molar-refractivity contribution in [2.24, 2.45) is 0 Å². The summed E-state index contributed by atoms with van der Waals surface area (Å²) in [5, 5.41) is 3.41. The second kappa shape index (κ2) is 12.1. The average Bonchev–Trinajstić information content (AvgIpc) is 3.69. The Morgan fingerprint density at radius 3 is 1.94 bits per heavy atom. The third-order valence-electron chi connectivity index (χ3n) is 8.88. The summed E-state index contributed by atoms with van der Waals surface area (Å²) in [5.41, 5.74) is -0.645. The van der Waals surface area contributed by atoms with Gasteiger partial charge in [0.15, 0.2) is 17.5 Å². The Bertz CT molecular complexity index is 3850. The van der Waals surface area contributed by atoms with Gasteiger partial charge in [0.05, 0.1) is 21.9 Å². The highest BCUT2D eigenvalue weighted by Gasteiger charge is 2.19. The zero-order chi connectivity index (χ0) is 48.5. The molecule has 0 atom stereocenters. The van der Waals surface area contributed by atoms with E-state index in [1.807, 2.05) is 48.5 Å². The number of benzene rings is 8. The molecule has 0 unspecified atom stereocenters. The number of rotatable bonds is 5. The van der Waals surface area contributed by atoms with E-state index in [1.165, 1.54) is 0 Å². The molecule has 8 aromatic carbocycles. The zero-order valence-electron chi connectivity index (χ0n) is 43.2. The molecule has 0 bridgehead atoms. The summed E-state index contributed by atoms with van der Waals surface area (Å²) in [5.74, 6) is -1.45. The van der Waals surface area contributed by atoms with Gasteiger partial charge in [0.1, 0.15) is 11.2 Å². The van der Waals surface area contributed by atoms with Crippen LogP contribution in [0.2, 0.25) is 0 Å². The molecule has 0 aliphatic carbocycles. The van der Waals surface area contributed by atoms with Gasteiger partial charge < -0.3 is 4.42 Å². The van der Waals surface area contributed by atoms with Gasteiger partial charge in [-0.25, -0.2) is 15.0 Å². The van der Waals surface area contributed by atoms with Crippen LogP contribution in [0.25, 0.3) is 99.9 Å². The molecule has 0 aliphatic heterocycles. The first-order valence-electron chi connectivity index (χ1n) is 24.2. The van der Waals surface area contributed by atoms with E-state index in [2.05, 4.69) is 15.0 Å². The molecule has 2 heterocycles. The second-order valence-electron chi connectivity index (χ2n) is 12.0. The van der Waals surface area contributed by atoms with Gasteiger partial charge in [0.25, 0.3) is 0 Å². The fourth-order valence-electron chi connectivity index (χ4n) is 6.51. The van der Waals surface area contributed by atoms with E-state index < -0.39 is 95.1 Å². The summed E-state index contributed by atoms with van der Waals surface area (Å²) in [6.45, 7) is 1.60. The van der Waals surface area contributed by atoms with Gasteiger partial charge in [-0.3, -0.25) is 0 Å². The molecule has 0 amide bonds. The molecule has 0 fully saturated rings. The largest absolute Gasteiger partial charge is 0.456 e. The quantitative estimate of drug-likeness (QED) is 0.170. The lowest BCUT2D eigenvalue weighted by molar-refractivity contribution is 0.669. The molecule has 4 nitrogen and oxygen atoms in total. The van der Waals surface area contributed by atoms with E-state index in [-0.39, 0.29) is 74.4 Å². The Hall–Kier alpha value is -6.91. The zero-order valence-corrected chi connectivity index (χ0v) is 27.2. The van der Waals surface area contributed by atoms with Crippen LogP contribution in [0.4, 0.5) is 0 Å². The van der Waals surface area contributed by atoms with Crippen molar-refractivity contribution in [1.82, 2.24) is 15.0 Å². The SMILES string of the molecule is [2H]c1cc([2H])c(-c2c(C)cc3c(oc4c([2H])cc([2H])c(-c5nc(-c6c([2H])c([2H])c([2H])c([2H])c6[2H])nc(-c6c([2H])c([2H])c(-c7cc8ccccc8c8ccccc78)c([2H])c6[2H])n5)c43)c2[2H])c([2H])c1[2H]. The van der Waals surface area contributed by atoms with E-state index in [1.54, 1.807) is 19.1 Å². The molecular formula is C48H31N3O. The molecule has 0 radical (unpaired) electrons. The van der Waals surface area contributed by atoms with Crippen molar-refractivity contribution in [3.05, 3.63) is 175 Å². The molecule has 0 saturated carbocycles.